The standard InChI is InChI=1S/C11H9F3N2/c12-11(13,14)16-7-6-10(15-16)8-9-4-2-1-3-5-9/h1-7H,8H2. The lowest BCUT2D eigenvalue weighted by atomic mass is 10.1. The molecular weight excluding hydrogens is 217 g/mol. The van der Waals surface area contributed by atoms with Crippen molar-refractivity contribution in [2.75, 3.05) is 0 Å². The van der Waals surface area contributed by atoms with Crippen LogP contribution in [-0.2, 0) is 12.7 Å². The van der Waals surface area contributed by atoms with Gasteiger partial charge in [-0.15, -0.1) is 13.2 Å². The number of halogens is 3. The van der Waals surface area contributed by atoms with Gasteiger partial charge in [-0.3, -0.25) is 0 Å². The molecule has 2 rings (SSSR count). The molecule has 84 valence electrons. The number of benzene rings is 1. The molecule has 0 bridgehead atoms. The topological polar surface area (TPSA) is 17.8 Å². The minimum Gasteiger partial charge on any atom is -0.179 e. The molecule has 0 amide bonds. The fourth-order valence-corrected chi connectivity index (χ4v) is 1.40. The lowest BCUT2D eigenvalue weighted by molar-refractivity contribution is -0.212. The Balaban J connectivity index is 2.15. The highest BCUT2D eigenvalue weighted by atomic mass is 19.4. The lowest BCUT2D eigenvalue weighted by Crippen LogP contribution is -2.17. The molecule has 0 aliphatic heterocycles. The van der Waals surface area contributed by atoms with Crippen LogP contribution in [0.25, 0.3) is 0 Å². The van der Waals surface area contributed by atoms with Crippen LogP contribution >= 0.6 is 0 Å². The van der Waals surface area contributed by atoms with Gasteiger partial charge in [-0.05, 0) is 11.6 Å². The Kier molecular flexibility index (Phi) is 2.68. The molecule has 0 unspecified atom stereocenters. The van der Waals surface area contributed by atoms with E-state index in [0.717, 1.165) is 11.8 Å². The maximum atomic E-state index is 12.2. The molecule has 0 atom stereocenters. The molecule has 0 saturated carbocycles. The van der Waals surface area contributed by atoms with E-state index in [4.69, 9.17) is 0 Å². The van der Waals surface area contributed by atoms with Crippen molar-refractivity contribution in [1.82, 2.24) is 9.78 Å². The molecule has 5 heteroatoms. The maximum Gasteiger partial charge on any atom is 0.504 e. The predicted octanol–water partition coefficient (Wildman–Crippen LogP) is 2.95. The van der Waals surface area contributed by atoms with Crippen LogP contribution in [0.4, 0.5) is 13.2 Å². The lowest BCUT2D eigenvalue weighted by Gasteiger charge is -2.04. The first-order chi connectivity index (χ1) is 7.55. The first-order valence-electron chi connectivity index (χ1n) is 4.71. The largest absolute Gasteiger partial charge is 0.504 e. The minimum atomic E-state index is -4.44. The molecule has 0 N–H and O–H groups in total. The van der Waals surface area contributed by atoms with E-state index < -0.39 is 6.30 Å². The molecule has 0 fully saturated rings. The van der Waals surface area contributed by atoms with Crippen molar-refractivity contribution in [2.24, 2.45) is 0 Å². The average Bonchev–Trinajstić information content (AvgIpc) is 2.67. The van der Waals surface area contributed by atoms with Crippen LogP contribution in [0, 0.1) is 0 Å². The van der Waals surface area contributed by atoms with Crippen LogP contribution in [0.3, 0.4) is 0 Å². The van der Waals surface area contributed by atoms with Crippen molar-refractivity contribution in [3.63, 3.8) is 0 Å². The second-order valence-electron chi connectivity index (χ2n) is 3.38. The second kappa shape index (κ2) is 4.00. The summed E-state index contributed by atoms with van der Waals surface area (Å²) in [5.74, 6) is 0. The Morgan fingerprint density at radius 1 is 1.06 bits per heavy atom. The Labute approximate surface area is 90.3 Å². The molecular formula is C11H9F3N2. The van der Waals surface area contributed by atoms with Crippen LogP contribution in [0.2, 0.25) is 0 Å². The van der Waals surface area contributed by atoms with E-state index in [-0.39, 0.29) is 4.68 Å². The molecule has 0 aliphatic rings. The van der Waals surface area contributed by atoms with Crippen molar-refractivity contribution in [3.05, 3.63) is 53.9 Å². The van der Waals surface area contributed by atoms with Crippen LogP contribution in [0.5, 0.6) is 0 Å². The number of rotatable bonds is 2. The van der Waals surface area contributed by atoms with Gasteiger partial charge < -0.3 is 0 Å². The highest BCUT2D eigenvalue weighted by Gasteiger charge is 2.31. The van der Waals surface area contributed by atoms with Gasteiger partial charge >= 0.3 is 6.30 Å². The molecule has 0 aliphatic carbocycles. The fraction of sp³-hybridized carbons (Fsp3) is 0.182. The quantitative estimate of drug-likeness (QED) is 0.769. The summed E-state index contributed by atoms with van der Waals surface area (Å²) in [4.78, 5) is 0. The number of alkyl halides is 3. The number of hydrogen-bond acceptors (Lipinski definition) is 1. The van der Waals surface area contributed by atoms with Gasteiger partial charge in [-0.25, -0.2) is 0 Å². The molecule has 1 aromatic heterocycles. The van der Waals surface area contributed by atoms with Crippen molar-refractivity contribution >= 4 is 0 Å². The molecule has 0 spiro atoms. The Hall–Kier alpha value is -1.78. The van der Waals surface area contributed by atoms with Crippen molar-refractivity contribution in [1.29, 1.82) is 0 Å². The minimum absolute atomic E-state index is 0.0191. The maximum absolute atomic E-state index is 12.2. The summed E-state index contributed by atoms with van der Waals surface area (Å²) < 4.78 is 36.7. The molecule has 2 aromatic rings. The smallest absolute Gasteiger partial charge is 0.179 e. The summed E-state index contributed by atoms with van der Waals surface area (Å²) in [7, 11) is 0. The summed E-state index contributed by atoms with van der Waals surface area (Å²) in [5.41, 5.74) is 1.35. The third kappa shape index (κ3) is 2.42. The SMILES string of the molecule is FC(F)(F)n1ccc(Cc2ccccc2)n1. The van der Waals surface area contributed by atoms with Gasteiger partial charge in [0.2, 0.25) is 0 Å². The number of aromatic nitrogens is 2. The van der Waals surface area contributed by atoms with Gasteiger partial charge in [0.1, 0.15) is 0 Å². The van der Waals surface area contributed by atoms with Gasteiger partial charge in [0, 0.05) is 12.6 Å². The van der Waals surface area contributed by atoms with E-state index in [1.807, 2.05) is 30.3 Å². The molecule has 1 aromatic carbocycles. The van der Waals surface area contributed by atoms with Gasteiger partial charge in [0.15, 0.2) is 0 Å². The van der Waals surface area contributed by atoms with Gasteiger partial charge in [-0.1, -0.05) is 30.3 Å². The zero-order valence-electron chi connectivity index (χ0n) is 8.28. The van der Waals surface area contributed by atoms with Crippen LogP contribution in [0.15, 0.2) is 42.6 Å². The van der Waals surface area contributed by atoms with Gasteiger partial charge in [0.05, 0.1) is 5.69 Å². The van der Waals surface area contributed by atoms with E-state index in [1.54, 1.807) is 0 Å². The zero-order valence-corrected chi connectivity index (χ0v) is 8.28. The third-order valence-electron chi connectivity index (χ3n) is 2.13. The monoisotopic (exact) mass is 226 g/mol. The Bertz CT molecular complexity index is 460. The normalized spacial score (nSPS) is 11.7. The molecule has 2 nitrogen and oxygen atoms in total. The first kappa shape index (κ1) is 10.7. The van der Waals surface area contributed by atoms with E-state index in [1.165, 1.54) is 6.07 Å². The average molecular weight is 226 g/mol. The fourth-order valence-electron chi connectivity index (χ4n) is 1.40. The van der Waals surface area contributed by atoms with Crippen LogP contribution in [-0.4, -0.2) is 9.78 Å². The first-order valence-corrected chi connectivity index (χ1v) is 4.71. The zero-order chi connectivity index (χ0) is 11.6. The molecule has 0 saturated heterocycles. The molecule has 0 radical (unpaired) electrons. The highest BCUT2D eigenvalue weighted by molar-refractivity contribution is 5.20. The Morgan fingerprint density at radius 3 is 2.31 bits per heavy atom. The van der Waals surface area contributed by atoms with E-state index in [0.29, 0.717) is 12.1 Å². The Morgan fingerprint density at radius 2 is 1.75 bits per heavy atom. The molecule has 16 heavy (non-hydrogen) atoms. The third-order valence-corrected chi connectivity index (χ3v) is 2.13. The van der Waals surface area contributed by atoms with Crippen molar-refractivity contribution in [2.45, 2.75) is 12.7 Å². The number of hydrogen-bond donors (Lipinski definition) is 0. The van der Waals surface area contributed by atoms with Crippen molar-refractivity contribution in [3.8, 4) is 0 Å². The predicted molar refractivity (Wildman–Crippen MR) is 52.8 cm³/mol. The summed E-state index contributed by atoms with van der Waals surface area (Å²) >= 11 is 0. The summed E-state index contributed by atoms with van der Waals surface area (Å²) in [6.07, 6.45) is -3.10. The summed E-state index contributed by atoms with van der Waals surface area (Å²) in [6, 6.07) is 10.6. The van der Waals surface area contributed by atoms with Crippen molar-refractivity contribution < 1.29 is 13.2 Å². The highest BCUT2D eigenvalue weighted by Crippen LogP contribution is 2.21. The van der Waals surface area contributed by atoms with Gasteiger partial charge in [0.25, 0.3) is 0 Å². The summed E-state index contributed by atoms with van der Waals surface area (Å²) in [6.45, 7) is 0. The van der Waals surface area contributed by atoms with Crippen LogP contribution < -0.4 is 0 Å². The van der Waals surface area contributed by atoms with Gasteiger partial charge in [-0.2, -0.15) is 9.78 Å². The number of nitrogens with zero attached hydrogens (tertiary/aromatic N) is 2. The molecule has 1 heterocycles. The van der Waals surface area contributed by atoms with E-state index in [2.05, 4.69) is 5.10 Å². The second-order valence-corrected chi connectivity index (χ2v) is 3.38. The van der Waals surface area contributed by atoms with Crippen LogP contribution in [0.1, 0.15) is 11.3 Å². The van der Waals surface area contributed by atoms with E-state index in [9.17, 15) is 13.2 Å². The van der Waals surface area contributed by atoms with E-state index >= 15 is 0 Å². The summed E-state index contributed by atoms with van der Waals surface area (Å²) in [5, 5.41) is 3.47.